The van der Waals surface area contributed by atoms with Gasteiger partial charge in [-0.2, -0.15) is 12.6 Å². The molecule has 1 aliphatic rings. The summed E-state index contributed by atoms with van der Waals surface area (Å²) in [7, 11) is 0. The topological polar surface area (TPSA) is 40.5 Å². The fraction of sp³-hybridized carbons (Fsp3) is 0.923. The van der Waals surface area contributed by atoms with Crippen LogP contribution in [-0.2, 0) is 4.79 Å². The Morgan fingerprint density at radius 3 is 2.41 bits per heavy atom. The average molecular weight is 259 g/mol. The first-order valence-electron chi connectivity index (χ1n) is 6.67. The number of hydrogen-bond acceptors (Lipinski definition) is 3. The molecule has 17 heavy (non-hydrogen) atoms. The van der Waals surface area contributed by atoms with Crippen LogP contribution in [0.1, 0.15) is 46.0 Å². The summed E-state index contributed by atoms with van der Waals surface area (Å²) >= 11 is 4.40. The molecule has 1 unspecified atom stereocenters. The van der Waals surface area contributed by atoms with E-state index in [-0.39, 0.29) is 23.7 Å². The van der Waals surface area contributed by atoms with E-state index in [1.807, 2.05) is 18.7 Å². The number of carbonyl (C=O) groups is 1. The van der Waals surface area contributed by atoms with Gasteiger partial charge in [-0.05, 0) is 18.8 Å². The maximum absolute atomic E-state index is 12.3. The summed E-state index contributed by atoms with van der Waals surface area (Å²) in [6, 6.07) is 0.316. The van der Waals surface area contributed by atoms with Crippen LogP contribution in [0, 0.1) is 5.92 Å². The van der Waals surface area contributed by atoms with Crippen LogP contribution in [0.5, 0.6) is 0 Å². The van der Waals surface area contributed by atoms with Crippen molar-refractivity contribution in [2.24, 2.45) is 5.92 Å². The van der Waals surface area contributed by atoms with E-state index in [0.717, 1.165) is 12.8 Å². The number of carbonyl (C=O) groups excluding carboxylic acids is 1. The van der Waals surface area contributed by atoms with Gasteiger partial charge in [0.1, 0.15) is 0 Å². The summed E-state index contributed by atoms with van der Waals surface area (Å²) in [5, 5.41) is 8.87. The van der Waals surface area contributed by atoms with Gasteiger partial charge < -0.3 is 10.0 Å². The quantitative estimate of drug-likeness (QED) is 0.742. The van der Waals surface area contributed by atoms with E-state index in [4.69, 9.17) is 5.11 Å². The number of amides is 1. The molecule has 0 bridgehead atoms. The first-order chi connectivity index (χ1) is 8.07. The second-order valence-electron chi connectivity index (χ2n) is 5.24. The molecule has 0 heterocycles. The fourth-order valence-corrected chi connectivity index (χ4v) is 2.58. The Morgan fingerprint density at radius 1 is 1.35 bits per heavy atom. The van der Waals surface area contributed by atoms with Gasteiger partial charge in [0.15, 0.2) is 0 Å². The highest BCUT2D eigenvalue weighted by Crippen LogP contribution is 2.24. The first-order valence-corrected chi connectivity index (χ1v) is 7.19. The van der Waals surface area contributed by atoms with Crippen LogP contribution in [0.3, 0.4) is 0 Å². The monoisotopic (exact) mass is 259 g/mol. The molecule has 1 N–H and O–H groups in total. The number of aliphatic hydroxyl groups is 1. The maximum atomic E-state index is 12.3. The average Bonchev–Trinajstić information content (AvgIpc) is 2.35. The minimum absolute atomic E-state index is 0.0425. The summed E-state index contributed by atoms with van der Waals surface area (Å²) in [4.78, 5) is 14.2. The van der Waals surface area contributed by atoms with E-state index >= 15 is 0 Å². The van der Waals surface area contributed by atoms with Crippen LogP contribution < -0.4 is 0 Å². The largest absolute Gasteiger partial charge is 0.395 e. The smallest absolute Gasteiger partial charge is 0.236 e. The van der Waals surface area contributed by atoms with E-state index in [2.05, 4.69) is 12.6 Å². The molecule has 0 saturated heterocycles. The van der Waals surface area contributed by atoms with Crippen LogP contribution in [0.15, 0.2) is 0 Å². The molecule has 0 spiro atoms. The third-order valence-electron chi connectivity index (χ3n) is 3.52. The molecule has 4 heteroatoms. The molecule has 100 valence electrons. The van der Waals surface area contributed by atoms with Crippen molar-refractivity contribution < 1.29 is 9.90 Å². The van der Waals surface area contributed by atoms with Gasteiger partial charge in [0.2, 0.25) is 5.91 Å². The van der Waals surface area contributed by atoms with Crippen molar-refractivity contribution in [1.82, 2.24) is 4.90 Å². The van der Waals surface area contributed by atoms with E-state index in [0.29, 0.717) is 12.6 Å². The maximum Gasteiger partial charge on any atom is 0.236 e. The van der Waals surface area contributed by atoms with Gasteiger partial charge in [0.25, 0.3) is 0 Å². The van der Waals surface area contributed by atoms with E-state index in [1.54, 1.807) is 0 Å². The molecule has 0 aromatic carbocycles. The van der Waals surface area contributed by atoms with E-state index in [1.165, 1.54) is 19.3 Å². The van der Waals surface area contributed by atoms with Gasteiger partial charge in [0.05, 0.1) is 11.9 Å². The van der Waals surface area contributed by atoms with Crippen LogP contribution >= 0.6 is 12.6 Å². The summed E-state index contributed by atoms with van der Waals surface area (Å²) in [6.07, 6.45) is 5.80. The Balaban J connectivity index is 2.66. The van der Waals surface area contributed by atoms with Gasteiger partial charge >= 0.3 is 0 Å². The number of aliphatic hydroxyl groups excluding tert-OH is 1. The zero-order chi connectivity index (χ0) is 12.8. The van der Waals surface area contributed by atoms with Crippen LogP contribution in [0.4, 0.5) is 0 Å². The molecule has 1 aliphatic carbocycles. The highest BCUT2D eigenvalue weighted by molar-refractivity contribution is 7.81. The van der Waals surface area contributed by atoms with Crippen molar-refractivity contribution in [3.05, 3.63) is 0 Å². The van der Waals surface area contributed by atoms with Gasteiger partial charge in [-0.15, -0.1) is 0 Å². The lowest BCUT2D eigenvalue weighted by molar-refractivity contribution is -0.134. The summed E-state index contributed by atoms with van der Waals surface area (Å²) in [5.74, 6) is 0.319. The summed E-state index contributed by atoms with van der Waals surface area (Å²) < 4.78 is 0. The Labute approximate surface area is 110 Å². The van der Waals surface area contributed by atoms with Crippen molar-refractivity contribution in [2.75, 3.05) is 13.2 Å². The highest BCUT2D eigenvalue weighted by atomic mass is 32.1. The zero-order valence-corrected chi connectivity index (χ0v) is 11.8. The summed E-state index contributed by atoms with van der Waals surface area (Å²) in [6.45, 7) is 4.51. The zero-order valence-electron chi connectivity index (χ0n) is 10.9. The Hall–Kier alpha value is -0.220. The number of rotatable bonds is 5. The molecule has 0 aliphatic heterocycles. The van der Waals surface area contributed by atoms with Gasteiger partial charge in [-0.25, -0.2) is 0 Å². The highest BCUT2D eigenvalue weighted by Gasteiger charge is 2.29. The molecule has 1 amide bonds. The second kappa shape index (κ2) is 7.27. The standard InChI is InChI=1S/C13H25NO2S/c1-10(2)12(17)13(16)14(8-9-15)11-6-4-3-5-7-11/h10-12,15,17H,3-9H2,1-2H3. The molecule has 0 aromatic rings. The Kier molecular flexibility index (Phi) is 6.34. The molecular formula is C13H25NO2S. The van der Waals surface area contributed by atoms with Gasteiger partial charge in [-0.1, -0.05) is 33.1 Å². The third-order valence-corrected chi connectivity index (χ3v) is 4.34. The molecule has 0 radical (unpaired) electrons. The van der Waals surface area contributed by atoms with Crippen molar-refractivity contribution in [3.63, 3.8) is 0 Å². The van der Waals surface area contributed by atoms with Crippen LogP contribution in [0.25, 0.3) is 0 Å². The van der Waals surface area contributed by atoms with Crippen LogP contribution in [-0.4, -0.2) is 40.4 Å². The van der Waals surface area contributed by atoms with Crippen molar-refractivity contribution >= 4 is 18.5 Å². The fourth-order valence-electron chi connectivity index (χ4n) is 2.43. The lowest BCUT2D eigenvalue weighted by atomic mass is 9.93. The molecule has 1 rings (SSSR count). The minimum Gasteiger partial charge on any atom is -0.395 e. The van der Waals surface area contributed by atoms with Crippen molar-refractivity contribution in [3.8, 4) is 0 Å². The Morgan fingerprint density at radius 2 is 1.94 bits per heavy atom. The predicted octanol–water partition coefficient (Wildman–Crippen LogP) is 2.09. The lowest BCUT2D eigenvalue weighted by Crippen LogP contribution is -2.47. The van der Waals surface area contributed by atoms with Gasteiger partial charge in [-0.3, -0.25) is 4.79 Å². The molecule has 0 aromatic heterocycles. The van der Waals surface area contributed by atoms with Crippen molar-refractivity contribution in [1.29, 1.82) is 0 Å². The molecule has 1 saturated carbocycles. The second-order valence-corrected chi connectivity index (χ2v) is 5.79. The number of hydrogen-bond donors (Lipinski definition) is 2. The lowest BCUT2D eigenvalue weighted by Gasteiger charge is -2.36. The SMILES string of the molecule is CC(C)C(S)C(=O)N(CCO)C1CCCCC1. The molecular weight excluding hydrogens is 234 g/mol. The first kappa shape index (κ1) is 14.8. The number of nitrogens with zero attached hydrogens (tertiary/aromatic N) is 1. The van der Waals surface area contributed by atoms with Crippen molar-refractivity contribution in [2.45, 2.75) is 57.2 Å². The Bertz CT molecular complexity index is 240. The summed E-state index contributed by atoms with van der Waals surface area (Å²) in [5.41, 5.74) is 0. The third kappa shape index (κ3) is 4.18. The molecule has 1 atom stereocenters. The molecule has 1 fully saturated rings. The van der Waals surface area contributed by atoms with Crippen LogP contribution in [0.2, 0.25) is 0 Å². The normalized spacial score (nSPS) is 19.4. The minimum atomic E-state index is -0.247. The molecule has 3 nitrogen and oxygen atoms in total. The predicted molar refractivity (Wildman–Crippen MR) is 73.3 cm³/mol. The van der Waals surface area contributed by atoms with Gasteiger partial charge in [0, 0.05) is 12.6 Å². The van der Waals surface area contributed by atoms with E-state index < -0.39 is 0 Å². The number of thiol groups is 1. The van der Waals surface area contributed by atoms with E-state index in [9.17, 15) is 4.79 Å².